The highest BCUT2D eigenvalue weighted by atomic mass is 16.2. The second-order valence-electron chi connectivity index (χ2n) is 7.57. The number of benzene rings is 1. The minimum atomic E-state index is 0.109. The van der Waals surface area contributed by atoms with Crippen molar-refractivity contribution in [2.75, 3.05) is 31.1 Å². The molecule has 1 amide bonds. The van der Waals surface area contributed by atoms with Crippen LogP contribution >= 0.6 is 0 Å². The lowest BCUT2D eigenvalue weighted by atomic mass is 9.85. The lowest BCUT2D eigenvalue weighted by Gasteiger charge is -2.37. The molecule has 27 heavy (non-hydrogen) atoms. The number of aryl methyl sites for hydroxylation is 1. The van der Waals surface area contributed by atoms with Crippen molar-refractivity contribution in [3.8, 4) is 0 Å². The molecule has 1 saturated heterocycles. The molecule has 0 bridgehead atoms. The molecular formula is C22H24N4O. The molecule has 1 aromatic carbocycles. The topological polar surface area (TPSA) is 52.2 Å². The smallest absolute Gasteiger partial charge is 0.226 e. The third kappa shape index (κ3) is 2.97. The highest BCUT2D eigenvalue weighted by Gasteiger charge is 2.31. The number of nitrogens with zero attached hydrogens (tertiary/aromatic N) is 3. The van der Waals surface area contributed by atoms with Crippen LogP contribution in [0, 0.1) is 5.92 Å². The van der Waals surface area contributed by atoms with Gasteiger partial charge in [-0.25, -0.2) is 4.98 Å². The Morgan fingerprint density at radius 3 is 2.67 bits per heavy atom. The van der Waals surface area contributed by atoms with Crippen LogP contribution in [-0.2, 0) is 17.6 Å². The van der Waals surface area contributed by atoms with Gasteiger partial charge in [-0.1, -0.05) is 24.3 Å². The van der Waals surface area contributed by atoms with Crippen molar-refractivity contribution < 1.29 is 4.79 Å². The molecule has 0 radical (unpaired) electrons. The van der Waals surface area contributed by atoms with E-state index in [1.54, 1.807) is 0 Å². The van der Waals surface area contributed by atoms with Gasteiger partial charge in [-0.05, 0) is 43.0 Å². The maximum Gasteiger partial charge on any atom is 0.226 e. The number of rotatable bonds is 2. The summed E-state index contributed by atoms with van der Waals surface area (Å²) in [6, 6.07) is 14.4. The Morgan fingerprint density at radius 2 is 1.85 bits per heavy atom. The molecule has 3 aromatic rings. The van der Waals surface area contributed by atoms with E-state index in [4.69, 9.17) is 0 Å². The van der Waals surface area contributed by atoms with Crippen molar-refractivity contribution in [3.63, 3.8) is 0 Å². The number of aromatic amines is 1. The number of amides is 1. The van der Waals surface area contributed by atoms with Gasteiger partial charge in [0.1, 0.15) is 5.82 Å². The van der Waals surface area contributed by atoms with Crippen LogP contribution < -0.4 is 4.90 Å². The highest BCUT2D eigenvalue weighted by Crippen LogP contribution is 2.32. The summed E-state index contributed by atoms with van der Waals surface area (Å²) in [6.45, 7) is 3.28. The molecule has 5 rings (SSSR count). The lowest BCUT2D eigenvalue weighted by molar-refractivity contribution is -0.136. The zero-order valence-electron chi connectivity index (χ0n) is 15.4. The first-order valence-electron chi connectivity index (χ1n) is 9.83. The standard InChI is InChI=1S/C22H24N4O/c27-22(26-13-11-25(12-14-26)21-7-3-4-10-23-21)16-8-9-20-18(15-16)17-5-1-2-6-19(17)24-20/h1-7,10,16,24H,8-9,11-15H2. The third-order valence-corrected chi connectivity index (χ3v) is 6.01. The van der Waals surface area contributed by atoms with Gasteiger partial charge in [-0.3, -0.25) is 4.79 Å². The Hall–Kier alpha value is -2.82. The van der Waals surface area contributed by atoms with E-state index in [-0.39, 0.29) is 5.92 Å². The van der Waals surface area contributed by atoms with E-state index in [1.165, 1.54) is 22.2 Å². The van der Waals surface area contributed by atoms with Crippen LogP contribution in [0.5, 0.6) is 0 Å². The highest BCUT2D eigenvalue weighted by molar-refractivity contribution is 5.87. The van der Waals surface area contributed by atoms with E-state index in [0.29, 0.717) is 5.91 Å². The number of aromatic nitrogens is 2. The van der Waals surface area contributed by atoms with Crippen LogP contribution in [0.15, 0.2) is 48.7 Å². The van der Waals surface area contributed by atoms with Crippen LogP contribution in [0.3, 0.4) is 0 Å². The average molecular weight is 360 g/mol. The predicted octanol–water partition coefficient (Wildman–Crippen LogP) is 3.02. The number of para-hydroxylation sites is 1. The monoisotopic (exact) mass is 360 g/mol. The Morgan fingerprint density at radius 1 is 1.04 bits per heavy atom. The number of piperazine rings is 1. The van der Waals surface area contributed by atoms with E-state index in [0.717, 1.165) is 51.3 Å². The van der Waals surface area contributed by atoms with Gasteiger partial charge in [0.25, 0.3) is 0 Å². The van der Waals surface area contributed by atoms with Gasteiger partial charge >= 0.3 is 0 Å². The van der Waals surface area contributed by atoms with Crippen molar-refractivity contribution >= 4 is 22.6 Å². The zero-order valence-corrected chi connectivity index (χ0v) is 15.4. The number of hydrogen-bond acceptors (Lipinski definition) is 3. The Kier molecular flexibility index (Phi) is 4.07. The van der Waals surface area contributed by atoms with Gasteiger partial charge in [0, 0.05) is 54.9 Å². The minimum absolute atomic E-state index is 0.109. The fourth-order valence-corrected chi connectivity index (χ4v) is 4.54. The van der Waals surface area contributed by atoms with Gasteiger partial charge < -0.3 is 14.8 Å². The second-order valence-corrected chi connectivity index (χ2v) is 7.57. The van der Waals surface area contributed by atoms with Gasteiger partial charge in [0.15, 0.2) is 0 Å². The molecule has 1 aliphatic heterocycles. The zero-order chi connectivity index (χ0) is 18.2. The summed E-state index contributed by atoms with van der Waals surface area (Å²) in [4.78, 5) is 25.4. The Bertz CT molecular complexity index is 957. The number of carbonyl (C=O) groups is 1. The molecule has 2 aliphatic rings. The Labute approximate surface area is 159 Å². The van der Waals surface area contributed by atoms with Crippen molar-refractivity contribution in [2.24, 2.45) is 5.92 Å². The number of nitrogens with one attached hydrogen (secondary N) is 1. The SMILES string of the molecule is O=C(C1CCc2[nH]c3ccccc3c2C1)N1CCN(c2ccccn2)CC1. The predicted molar refractivity (Wildman–Crippen MR) is 107 cm³/mol. The molecule has 1 atom stereocenters. The van der Waals surface area contributed by atoms with Crippen LogP contribution in [0.2, 0.25) is 0 Å². The molecule has 138 valence electrons. The summed E-state index contributed by atoms with van der Waals surface area (Å²) < 4.78 is 0. The molecule has 0 saturated carbocycles. The number of pyridine rings is 1. The van der Waals surface area contributed by atoms with Gasteiger partial charge in [-0.2, -0.15) is 0 Å². The Balaban J connectivity index is 1.27. The molecule has 1 unspecified atom stereocenters. The van der Waals surface area contributed by atoms with Crippen molar-refractivity contribution in [2.45, 2.75) is 19.3 Å². The van der Waals surface area contributed by atoms with E-state index >= 15 is 0 Å². The number of fused-ring (bicyclic) bond motifs is 3. The second kappa shape index (κ2) is 6.72. The summed E-state index contributed by atoms with van der Waals surface area (Å²) in [5.74, 6) is 1.44. The summed E-state index contributed by atoms with van der Waals surface area (Å²) in [5.41, 5.74) is 3.86. The normalized spacial score (nSPS) is 19.9. The van der Waals surface area contributed by atoms with Crippen molar-refractivity contribution in [1.82, 2.24) is 14.9 Å². The van der Waals surface area contributed by atoms with Crippen molar-refractivity contribution in [3.05, 3.63) is 59.9 Å². The number of carbonyl (C=O) groups excluding carboxylic acids is 1. The summed E-state index contributed by atoms with van der Waals surface area (Å²) >= 11 is 0. The van der Waals surface area contributed by atoms with E-state index in [2.05, 4.69) is 44.0 Å². The molecule has 5 nitrogen and oxygen atoms in total. The third-order valence-electron chi connectivity index (χ3n) is 6.01. The average Bonchev–Trinajstić information content (AvgIpc) is 3.12. The molecule has 5 heteroatoms. The quantitative estimate of drug-likeness (QED) is 0.764. The van der Waals surface area contributed by atoms with Gasteiger partial charge in [0.2, 0.25) is 5.91 Å². The van der Waals surface area contributed by atoms with Crippen LogP contribution in [-0.4, -0.2) is 47.0 Å². The van der Waals surface area contributed by atoms with Gasteiger partial charge in [-0.15, -0.1) is 0 Å². The van der Waals surface area contributed by atoms with Crippen molar-refractivity contribution in [1.29, 1.82) is 0 Å². The summed E-state index contributed by atoms with van der Waals surface area (Å²) in [6.07, 6.45) is 4.60. The number of H-pyrrole nitrogens is 1. The summed E-state index contributed by atoms with van der Waals surface area (Å²) in [7, 11) is 0. The maximum atomic E-state index is 13.1. The molecule has 1 N–H and O–H groups in total. The van der Waals surface area contributed by atoms with E-state index in [9.17, 15) is 4.79 Å². The fourth-order valence-electron chi connectivity index (χ4n) is 4.54. The molecular weight excluding hydrogens is 336 g/mol. The van der Waals surface area contributed by atoms with Crippen LogP contribution in [0.25, 0.3) is 10.9 Å². The van der Waals surface area contributed by atoms with E-state index in [1.807, 2.05) is 24.4 Å². The number of hydrogen-bond donors (Lipinski definition) is 1. The van der Waals surface area contributed by atoms with Gasteiger partial charge in [0.05, 0.1) is 0 Å². The molecule has 0 spiro atoms. The lowest BCUT2D eigenvalue weighted by Crippen LogP contribution is -2.51. The largest absolute Gasteiger partial charge is 0.358 e. The molecule has 3 heterocycles. The van der Waals surface area contributed by atoms with Crippen LogP contribution in [0.4, 0.5) is 5.82 Å². The fraction of sp³-hybridized carbons (Fsp3) is 0.364. The number of anilines is 1. The van der Waals surface area contributed by atoms with E-state index < -0.39 is 0 Å². The molecule has 1 aliphatic carbocycles. The van der Waals surface area contributed by atoms with Crippen LogP contribution in [0.1, 0.15) is 17.7 Å². The molecule has 1 fully saturated rings. The minimum Gasteiger partial charge on any atom is -0.358 e. The first-order chi connectivity index (χ1) is 13.3. The molecule has 2 aromatic heterocycles. The first kappa shape index (κ1) is 16.4. The first-order valence-corrected chi connectivity index (χ1v) is 9.83. The maximum absolute atomic E-state index is 13.1. The summed E-state index contributed by atoms with van der Waals surface area (Å²) in [5, 5.41) is 1.28.